The molecule has 0 aromatic heterocycles. The van der Waals surface area contributed by atoms with Crippen molar-refractivity contribution in [3.8, 4) is 0 Å². The van der Waals surface area contributed by atoms with E-state index in [4.69, 9.17) is 4.52 Å². The lowest BCUT2D eigenvalue weighted by Crippen LogP contribution is -2.41. The summed E-state index contributed by atoms with van der Waals surface area (Å²) in [4.78, 5) is 0. The largest absolute Gasteiger partial charge is 0.508 e. The zero-order valence-electron chi connectivity index (χ0n) is 18.0. The van der Waals surface area contributed by atoms with Crippen molar-refractivity contribution < 1.29 is 9.09 Å². The van der Waals surface area contributed by atoms with E-state index in [1.165, 1.54) is 44.1 Å². The number of rotatable bonds is 11. The predicted octanol–water partition coefficient (Wildman–Crippen LogP) is 7.89. The average molecular weight is 392 g/mol. The smallest absolute Gasteiger partial charge is 0.143 e. The highest BCUT2D eigenvalue weighted by Gasteiger charge is 2.44. The van der Waals surface area contributed by atoms with Crippen molar-refractivity contribution in [2.75, 3.05) is 6.16 Å². The molecular weight excluding hydrogens is 351 g/mol. The topological polar surface area (TPSA) is 26.3 Å². The lowest BCUT2D eigenvalue weighted by atomic mass is 9.64. The Balaban J connectivity index is 1.92. The minimum absolute atomic E-state index is 0.0440. The SMILES string of the molecule is CCCCCCCC[P+](=O)O[C@@H]1C[C@H](C)CC[C@H]1C(C)(C)c1ccccc1. The van der Waals surface area contributed by atoms with Gasteiger partial charge >= 0.3 is 8.03 Å². The molecule has 152 valence electrons. The summed E-state index contributed by atoms with van der Waals surface area (Å²) in [6.45, 7) is 9.21. The van der Waals surface area contributed by atoms with Crippen LogP contribution >= 0.6 is 8.03 Å². The van der Waals surface area contributed by atoms with Crippen LogP contribution in [0.3, 0.4) is 0 Å². The van der Waals surface area contributed by atoms with Crippen molar-refractivity contribution in [3.63, 3.8) is 0 Å². The summed E-state index contributed by atoms with van der Waals surface area (Å²) in [6.07, 6.45) is 11.7. The first kappa shape index (κ1) is 22.6. The van der Waals surface area contributed by atoms with E-state index >= 15 is 0 Å². The van der Waals surface area contributed by atoms with Crippen LogP contribution in [0.1, 0.15) is 91.0 Å². The molecule has 27 heavy (non-hydrogen) atoms. The highest BCUT2D eigenvalue weighted by molar-refractivity contribution is 7.39. The van der Waals surface area contributed by atoms with Gasteiger partial charge in [0.05, 0.1) is 0 Å². The molecule has 1 aliphatic carbocycles. The first-order valence-electron chi connectivity index (χ1n) is 11.1. The molecule has 4 atom stereocenters. The second-order valence-electron chi connectivity index (χ2n) is 9.08. The summed E-state index contributed by atoms with van der Waals surface area (Å²) < 4.78 is 18.9. The molecule has 1 aromatic rings. The normalized spacial score (nSPS) is 24.0. The van der Waals surface area contributed by atoms with Crippen LogP contribution in [-0.4, -0.2) is 12.3 Å². The third kappa shape index (κ3) is 6.99. The van der Waals surface area contributed by atoms with Gasteiger partial charge in [-0.05, 0) is 53.1 Å². The van der Waals surface area contributed by atoms with Gasteiger partial charge in [0.25, 0.3) is 0 Å². The molecule has 1 saturated carbocycles. The molecule has 2 rings (SSSR count). The van der Waals surface area contributed by atoms with Gasteiger partial charge in [0.1, 0.15) is 6.10 Å². The zero-order chi connectivity index (χ0) is 19.7. The molecule has 2 nitrogen and oxygen atoms in total. The van der Waals surface area contributed by atoms with Crippen molar-refractivity contribution in [1.29, 1.82) is 0 Å². The van der Waals surface area contributed by atoms with E-state index in [0.29, 0.717) is 11.8 Å². The van der Waals surface area contributed by atoms with Gasteiger partial charge in [0.15, 0.2) is 6.16 Å². The molecule has 0 saturated heterocycles. The molecule has 3 heteroatoms. The monoisotopic (exact) mass is 391 g/mol. The van der Waals surface area contributed by atoms with Gasteiger partial charge in [0.2, 0.25) is 0 Å². The summed E-state index contributed by atoms with van der Waals surface area (Å²) in [5.74, 6) is 1.09. The minimum Gasteiger partial charge on any atom is -0.143 e. The van der Waals surface area contributed by atoms with Crippen molar-refractivity contribution in [1.82, 2.24) is 0 Å². The molecule has 0 N–H and O–H groups in total. The molecule has 1 aromatic carbocycles. The lowest BCUT2D eigenvalue weighted by molar-refractivity contribution is 0.0385. The maximum absolute atomic E-state index is 12.6. The maximum atomic E-state index is 12.6. The first-order valence-corrected chi connectivity index (χ1v) is 12.5. The Labute approximate surface area is 168 Å². The van der Waals surface area contributed by atoms with Gasteiger partial charge in [-0.3, -0.25) is 0 Å². The van der Waals surface area contributed by atoms with Crippen molar-refractivity contribution in [3.05, 3.63) is 35.9 Å². The van der Waals surface area contributed by atoms with Crippen molar-refractivity contribution >= 4 is 8.03 Å². The first-order chi connectivity index (χ1) is 12.9. The van der Waals surface area contributed by atoms with E-state index < -0.39 is 8.03 Å². The quantitative estimate of drug-likeness (QED) is 0.283. The van der Waals surface area contributed by atoms with Crippen LogP contribution in [0.5, 0.6) is 0 Å². The third-order valence-electron chi connectivity index (χ3n) is 6.45. The fourth-order valence-corrected chi connectivity index (χ4v) is 5.70. The molecular formula is C24H40O2P+. The fraction of sp³-hybridized carbons (Fsp3) is 0.750. The molecule has 0 heterocycles. The highest BCUT2D eigenvalue weighted by Crippen LogP contribution is 2.46. The minimum atomic E-state index is -1.54. The molecule has 0 aliphatic heterocycles. The van der Waals surface area contributed by atoms with E-state index in [9.17, 15) is 4.57 Å². The Hall–Kier alpha value is -0.720. The maximum Gasteiger partial charge on any atom is 0.508 e. The van der Waals surface area contributed by atoms with Gasteiger partial charge in [-0.25, -0.2) is 0 Å². The van der Waals surface area contributed by atoms with E-state index in [1.54, 1.807) is 0 Å². The zero-order valence-corrected chi connectivity index (χ0v) is 18.8. The van der Waals surface area contributed by atoms with E-state index in [2.05, 4.69) is 58.0 Å². The van der Waals surface area contributed by atoms with Crippen molar-refractivity contribution in [2.24, 2.45) is 11.8 Å². The highest BCUT2D eigenvalue weighted by atomic mass is 31.1. The lowest BCUT2D eigenvalue weighted by Gasteiger charge is -2.42. The number of unbranched alkanes of at least 4 members (excludes halogenated alkanes) is 5. The Morgan fingerprint density at radius 3 is 2.41 bits per heavy atom. The molecule has 1 aliphatic rings. The van der Waals surface area contributed by atoms with Gasteiger partial charge in [-0.15, -0.1) is 4.52 Å². The van der Waals surface area contributed by atoms with Crippen LogP contribution in [0.2, 0.25) is 0 Å². The van der Waals surface area contributed by atoms with E-state index in [1.807, 2.05) is 0 Å². The van der Waals surface area contributed by atoms with Crippen molar-refractivity contribution in [2.45, 2.75) is 97.0 Å². The summed E-state index contributed by atoms with van der Waals surface area (Å²) in [5, 5.41) is 0. The molecule has 1 unspecified atom stereocenters. The number of benzene rings is 1. The van der Waals surface area contributed by atoms with Crippen LogP contribution in [0.25, 0.3) is 0 Å². The van der Waals surface area contributed by atoms with Gasteiger partial charge < -0.3 is 0 Å². The fourth-order valence-electron chi connectivity index (χ4n) is 4.58. The molecule has 0 amide bonds. The van der Waals surface area contributed by atoms with Crippen LogP contribution in [0.15, 0.2) is 30.3 Å². The molecule has 0 radical (unpaired) electrons. The Morgan fingerprint density at radius 2 is 1.70 bits per heavy atom. The van der Waals surface area contributed by atoms with Gasteiger partial charge in [0, 0.05) is 0 Å². The second kappa shape index (κ2) is 11.3. The standard InChI is InChI=1S/C24H40O2P/c1-5-6-7-8-9-13-18-27(25)26-23-19-20(2)16-17-22(23)24(3,4)21-14-11-10-12-15-21/h10-12,14-15,20,22-23H,5-9,13,16-19H2,1-4H3/q+1/t20-,22-,23-/m1/s1. The van der Waals surface area contributed by atoms with Crippen LogP contribution in [0, 0.1) is 11.8 Å². The summed E-state index contributed by atoms with van der Waals surface area (Å²) >= 11 is 0. The van der Waals surface area contributed by atoms with E-state index in [0.717, 1.165) is 25.4 Å². The summed E-state index contributed by atoms with van der Waals surface area (Å²) in [5.41, 5.74) is 1.41. The summed E-state index contributed by atoms with van der Waals surface area (Å²) in [7, 11) is -1.54. The Bertz CT molecular complexity index is 555. The average Bonchev–Trinajstić information content (AvgIpc) is 2.65. The predicted molar refractivity (Wildman–Crippen MR) is 117 cm³/mol. The molecule has 0 bridgehead atoms. The molecule has 0 spiro atoms. The number of hydrogen-bond donors (Lipinski definition) is 0. The Morgan fingerprint density at radius 1 is 1.04 bits per heavy atom. The second-order valence-corrected chi connectivity index (χ2v) is 10.4. The molecule has 1 fully saturated rings. The van der Waals surface area contributed by atoms with Crippen LogP contribution in [0.4, 0.5) is 0 Å². The van der Waals surface area contributed by atoms with E-state index in [-0.39, 0.29) is 11.5 Å². The third-order valence-corrected chi connectivity index (χ3v) is 7.63. The number of hydrogen-bond acceptors (Lipinski definition) is 2. The van der Waals surface area contributed by atoms with Gasteiger partial charge in [-0.2, -0.15) is 0 Å². The van der Waals surface area contributed by atoms with Gasteiger partial charge in [-0.1, -0.05) is 90.1 Å². The summed E-state index contributed by atoms with van der Waals surface area (Å²) in [6, 6.07) is 10.8. The van der Waals surface area contributed by atoms with Crippen LogP contribution in [-0.2, 0) is 14.5 Å². The Kier molecular flexibility index (Phi) is 9.46. The van der Waals surface area contributed by atoms with Crippen LogP contribution < -0.4 is 0 Å².